The van der Waals surface area contributed by atoms with Crippen LogP contribution in [-0.2, 0) is 0 Å². The van der Waals surface area contributed by atoms with E-state index in [-0.39, 0.29) is 23.9 Å². The zero-order valence-corrected chi connectivity index (χ0v) is 8.85. The van der Waals surface area contributed by atoms with Crippen LogP contribution in [0, 0.1) is 0 Å². The first-order valence-electron chi connectivity index (χ1n) is 4.84. The number of hydrogen-bond acceptors (Lipinski definition) is 6. The first-order chi connectivity index (χ1) is 8.22. The van der Waals surface area contributed by atoms with Gasteiger partial charge in [-0.05, 0) is 6.07 Å². The molecule has 2 aromatic rings. The van der Waals surface area contributed by atoms with Gasteiger partial charge < -0.3 is 23.7 Å². The minimum absolute atomic E-state index is 0.0141. The van der Waals surface area contributed by atoms with Crippen molar-refractivity contribution in [2.75, 3.05) is 13.9 Å². The molecular formula is C11H8O6. The van der Waals surface area contributed by atoms with Crippen LogP contribution in [0.5, 0.6) is 23.0 Å². The van der Waals surface area contributed by atoms with Gasteiger partial charge in [-0.2, -0.15) is 0 Å². The molecule has 1 N–H and O–H groups in total. The second kappa shape index (κ2) is 3.31. The van der Waals surface area contributed by atoms with E-state index in [0.717, 1.165) is 0 Å². The van der Waals surface area contributed by atoms with E-state index in [9.17, 15) is 9.90 Å². The molecule has 0 aliphatic carbocycles. The lowest BCUT2D eigenvalue weighted by Gasteiger charge is -2.09. The van der Waals surface area contributed by atoms with Crippen molar-refractivity contribution in [1.82, 2.24) is 0 Å². The fourth-order valence-electron chi connectivity index (χ4n) is 1.82. The molecule has 1 aliphatic rings. The second-order valence-corrected chi connectivity index (χ2v) is 3.44. The van der Waals surface area contributed by atoms with Crippen molar-refractivity contribution in [3.63, 3.8) is 0 Å². The smallest absolute Gasteiger partial charge is 0.336 e. The normalized spacial score (nSPS) is 13.0. The lowest BCUT2D eigenvalue weighted by molar-refractivity contribution is 0.169. The third kappa shape index (κ3) is 1.24. The Hall–Kier alpha value is -2.37. The number of fused-ring (bicyclic) bond motifs is 2. The molecule has 17 heavy (non-hydrogen) atoms. The Morgan fingerprint density at radius 1 is 1.29 bits per heavy atom. The molecule has 3 rings (SSSR count). The number of ether oxygens (including phenoxy) is 3. The maximum absolute atomic E-state index is 11.1. The molecule has 1 aromatic carbocycles. The standard InChI is InChI=1S/C11H8O6/c1-14-9-5-2-3-6(12)17-8(5)7(13)10-11(9)16-4-15-10/h2-3,13H,4H2,1H3. The highest BCUT2D eigenvalue weighted by molar-refractivity contribution is 5.94. The van der Waals surface area contributed by atoms with E-state index in [2.05, 4.69) is 0 Å². The van der Waals surface area contributed by atoms with E-state index in [4.69, 9.17) is 18.6 Å². The van der Waals surface area contributed by atoms with Crippen molar-refractivity contribution in [2.24, 2.45) is 0 Å². The van der Waals surface area contributed by atoms with Gasteiger partial charge in [0, 0.05) is 6.07 Å². The van der Waals surface area contributed by atoms with Gasteiger partial charge in [-0.15, -0.1) is 0 Å². The Labute approximate surface area is 94.9 Å². The lowest BCUT2D eigenvalue weighted by atomic mass is 10.1. The van der Waals surface area contributed by atoms with E-state index in [0.29, 0.717) is 16.9 Å². The van der Waals surface area contributed by atoms with Crippen molar-refractivity contribution in [2.45, 2.75) is 0 Å². The second-order valence-electron chi connectivity index (χ2n) is 3.44. The minimum atomic E-state index is -0.561. The molecule has 6 nitrogen and oxygen atoms in total. The summed E-state index contributed by atoms with van der Waals surface area (Å²) < 4.78 is 20.4. The minimum Gasteiger partial charge on any atom is -0.502 e. The van der Waals surface area contributed by atoms with E-state index >= 15 is 0 Å². The zero-order chi connectivity index (χ0) is 12.0. The van der Waals surface area contributed by atoms with Crippen LogP contribution in [0.25, 0.3) is 11.0 Å². The summed E-state index contributed by atoms with van der Waals surface area (Å²) in [5, 5.41) is 10.4. The van der Waals surface area contributed by atoms with E-state index < -0.39 is 5.63 Å². The topological polar surface area (TPSA) is 78.1 Å². The van der Waals surface area contributed by atoms with Crippen molar-refractivity contribution < 1.29 is 23.7 Å². The van der Waals surface area contributed by atoms with Crippen LogP contribution in [0.2, 0.25) is 0 Å². The predicted octanol–water partition coefficient (Wildman–Crippen LogP) is 1.24. The molecular weight excluding hydrogens is 228 g/mol. The maximum Gasteiger partial charge on any atom is 0.336 e. The van der Waals surface area contributed by atoms with Crippen LogP contribution >= 0.6 is 0 Å². The largest absolute Gasteiger partial charge is 0.502 e. The van der Waals surface area contributed by atoms with Gasteiger partial charge >= 0.3 is 5.63 Å². The van der Waals surface area contributed by atoms with Crippen molar-refractivity contribution in [1.29, 1.82) is 0 Å². The average Bonchev–Trinajstić information content (AvgIpc) is 2.80. The number of aromatic hydroxyl groups is 1. The van der Waals surface area contributed by atoms with E-state index in [1.165, 1.54) is 19.2 Å². The molecule has 0 saturated carbocycles. The maximum atomic E-state index is 11.1. The van der Waals surface area contributed by atoms with Crippen molar-refractivity contribution >= 4 is 11.0 Å². The third-order valence-electron chi connectivity index (χ3n) is 2.53. The predicted molar refractivity (Wildman–Crippen MR) is 56.8 cm³/mol. The van der Waals surface area contributed by atoms with Gasteiger partial charge in [0.05, 0.1) is 12.5 Å². The summed E-state index contributed by atoms with van der Waals surface area (Å²) >= 11 is 0. The molecule has 0 unspecified atom stereocenters. The SMILES string of the molecule is COc1c2c(c(O)c3oc(=O)ccc13)OCO2. The Morgan fingerprint density at radius 2 is 2.06 bits per heavy atom. The molecule has 0 bridgehead atoms. The van der Waals surface area contributed by atoms with Gasteiger partial charge in [0.1, 0.15) is 0 Å². The summed E-state index contributed by atoms with van der Waals surface area (Å²) in [7, 11) is 1.46. The molecule has 88 valence electrons. The molecule has 0 amide bonds. The summed E-state index contributed by atoms with van der Waals surface area (Å²) in [6.45, 7) is -0.0141. The molecule has 6 heteroatoms. The molecule has 0 radical (unpaired) electrons. The number of phenolic OH excluding ortho intramolecular Hbond substituents is 1. The Morgan fingerprint density at radius 3 is 2.82 bits per heavy atom. The van der Waals surface area contributed by atoms with E-state index in [1.807, 2.05) is 0 Å². The summed E-state index contributed by atoms with van der Waals surface area (Å²) in [4.78, 5) is 11.1. The molecule has 1 aliphatic heterocycles. The Balaban J connectivity index is 2.51. The van der Waals surface area contributed by atoms with Crippen LogP contribution in [0.1, 0.15) is 0 Å². The summed E-state index contributed by atoms with van der Waals surface area (Å²) in [5.41, 5.74) is -0.535. The van der Waals surface area contributed by atoms with Gasteiger partial charge in [-0.25, -0.2) is 4.79 Å². The number of benzene rings is 1. The van der Waals surface area contributed by atoms with Crippen molar-refractivity contribution in [3.05, 3.63) is 22.6 Å². The number of methoxy groups -OCH3 is 1. The van der Waals surface area contributed by atoms with Gasteiger partial charge in [0.2, 0.25) is 24.0 Å². The van der Waals surface area contributed by atoms with Crippen molar-refractivity contribution in [3.8, 4) is 23.0 Å². The van der Waals surface area contributed by atoms with Crippen LogP contribution in [0.3, 0.4) is 0 Å². The number of rotatable bonds is 1. The quantitative estimate of drug-likeness (QED) is 0.750. The monoisotopic (exact) mass is 236 g/mol. The molecule has 0 saturated heterocycles. The Bertz CT molecular complexity index is 657. The van der Waals surface area contributed by atoms with Gasteiger partial charge in [0.15, 0.2) is 11.3 Å². The first-order valence-corrected chi connectivity index (χ1v) is 4.84. The highest BCUT2D eigenvalue weighted by Gasteiger charge is 2.28. The summed E-state index contributed by atoms with van der Waals surface area (Å²) in [6, 6.07) is 2.74. The average molecular weight is 236 g/mol. The lowest BCUT2D eigenvalue weighted by Crippen LogP contribution is -1.96. The van der Waals surface area contributed by atoms with Gasteiger partial charge in [0.25, 0.3) is 0 Å². The van der Waals surface area contributed by atoms with Crippen LogP contribution < -0.4 is 19.8 Å². The zero-order valence-electron chi connectivity index (χ0n) is 8.85. The van der Waals surface area contributed by atoms with E-state index in [1.54, 1.807) is 0 Å². The summed E-state index contributed by atoms with van der Waals surface area (Å²) in [6.07, 6.45) is 0. The molecule has 1 aromatic heterocycles. The summed E-state index contributed by atoms with van der Waals surface area (Å²) in [5.74, 6) is 0.551. The van der Waals surface area contributed by atoms with Crippen LogP contribution in [0.4, 0.5) is 0 Å². The van der Waals surface area contributed by atoms with Crippen LogP contribution in [0.15, 0.2) is 21.3 Å². The molecule has 0 atom stereocenters. The third-order valence-corrected chi connectivity index (χ3v) is 2.53. The van der Waals surface area contributed by atoms with Crippen LogP contribution in [-0.4, -0.2) is 19.0 Å². The fraction of sp³-hybridized carbons (Fsp3) is 0.182. The molecule has 0 spiro atoms. The number of phenols is 1. The highest BCUT2D eigenvalue weighted by Crippen LogP contribution is 2.52. The first kappa shape index (κ1) is 9.83. The molecule has 2 heterocycles. The fourth-order valence-corrected chi connectivity index (χ4v) is 1.82. The van der Waals surface area contributed by atoms with Gasteiger partial charge in [-0.3, -0.25) is 0 Å². The highest BCUT2D eigenvalue weighted by atomic mass is 16.7. The molecule has 0 fully saturated rings. The van der Waals surface area contributed by atoms with Gasteiger partial charge in [-0.1, -0.05) is 0 Å². The Kier molecular flexibility index (Phi) is 1.91. The number of hydrogen-bond donors (Lipinski definition) is 1.